The first kappa shape index (κ1) is 24.8. The van der Waals surface area contributed by atoms with Crippen LogP contribution in [0.2, 0.25) is 0 Å². The van der Waals surface area contributed by atoms with E-state index in [9.17, 15) is 0 Å². The maximum atomic E-state index is 4.18. The minimum Gasteiger partial charge on any atom is -0.687 e. The molecule has 146 valence electrons. The number of hydrogen-bond acceptors (Lipinski definition) is 0. The van der Waals surface area contributed by atoms with Crippen molar-refractivity contribution in [2.45, 2.75) is 57.8 Å². The van der Waals surface area contributed by atoms with E-state index < -0.39 is 0 Å². The largest absolute Gasteiger partial charge is 4.00 e. The number of piperidine rings is 3. The van der Waals surface area contributed by atoms with E-state index >= 15 is 0 Å². The minimum atomic E-state index is 0. The van der Waals surface area contributed by atoms with Crippen LogP contribution in [0.25, 0.3) is 21.3 Å². The number of allylic oxidation sites excluding steroid dienone is 2. The van der Waals surface area contributed by atoms with Crippen molar-refractivity contribution in [1.82, 2.24) is 0 Å². The van der Waals surface area contributed by atoms with E-state index in [0.717, 1.165) is 45.8 Å². The van der Waals surface area contributed by atoms with Crippen LogP contribution in [0.15, 0.2) is 24.4 Å². The van der Waals surface area contributed by atoms with E-state index in [4.69, 9.17) is 0 Å². The first-order valence-electron chi connectivity index (χ1n) is 9.88. The monoisotopic (exact) mass is 527 g/mol. The van der Waals surface area contributed by atoms with Gasteiger partial charge < -0.3 is 21.3 Å². The van der Waals surface area contributed by atoms with Gasteiger partial charge in [-0.25, -0.2) is 0 Å². The molecule has 0 aromatic heterocycles. The van der Waals surface area contributed by atoms with Gasteiger partial charge in [-0.2, -0.15) is 6.20 Å². The molecule has 4 heterocycles. The van der Waals surface area contributed by atoms with Gasteiger partial charge in [0.05, 0.1) is 0 Å². The third kappa shape index (κ3) is 20.0. The Kier molecular flexibility index (Phi) is 21.8. The predicted octanol–water partition coefficient (Wildman–Crippen LogP) is 6.07. The predicted molar refractivity (Wildman–Crippen MR) is 107 cm³/mol. The molecule has 0 aliphatic carbocycles. The second kappa shape index (κ2) is 21.9. The Labute approximate surface area is 170 Å². The van der Waals surface area contributed by atoms with Gasteiger partial charge in [-0.1, -0.05) is 69.9 Å². The van der Waals surface area contributed by atoms with Gasteiger partial charge in [0.1, 0.15) is 0 Å². The van der Waals surface area contributed by atoms with Crippen LogP contribution < -0.4 is 0 Å². The number of hydrogen-bond donors (Lipinski definition) is 0. The molecule has 4 nitrogen and oxygen atoms in total. The van der Waals surface area contributed by atoms with E-state index in [1.165, 1.54) is 57.8 Å². The van der Waals surface area contributed by atoms with E-state index in [2.05, 4.69) is 21.3 Å². The molecule has 0 amide bonds. The molecule has 0 aromatic rings. The smallest absolute Gasteiger partial charge is 0.687 e. The molecule has 0 spiro atoms. The molecule has 0 saturated carbocycles. The zero-order valence-corrected chi connectivity index (χ0v) is 18.0. The van der Waals surface area contributed by atoms with Crippen LogP contribution in [-0.4, -0.2) is 45.8 Å². The molecule has 4 aliphatic heterocycles. The normalized spacial score (nSPS) is 21.4. The number of nitrogens with zero attached hydrogens (tertiary/aromatic N) is 4. The van der Waals surface area contributed by atoms with Crippen molar-refractivity contribution < 1.29 is 21.1 Å². The van der Waals surface area contributed by atoms with Crippen molar-refractivity contribution in [3.8, 4) is 0 Å². The molecule has 5 heteroatoms. The summed E-state index contributed by atoms with van der Waals surface area (Å²) in [5.41, 5.74) is 0. The van der Waals surface area contributed by atoms with Crippen molar-refractivity contribution in [3.05, 3.63) is 45.7 Å². The van der Waals surface area contributed by atoms with Crippen molar-refractivity contribution in [3.63, 3.8) is 0 Å². The van der Waals surface area contributed by atoms with Crippen molar-refractivity contribution in [1.29, 1.82) is 0 Å². The van der Waals surface area contributed by atoms with Gasteiger partial charge in [0.25, 0.3) is 0 Å². The molecule has 0 N–H and O–H groups in total. The van der Waals surface area contributed by atoms with Gasteiger partial charge in [0.15, 0.2) is 0 Å². The van der Waals surface area contributed by atoms with E-state index in [0.29, 0.717) is 0 Å². The number of rotatable bonds is 0. The molecule has 0 atom stereocenters. The fourth-order valence-corrected chi connectivity index (χ4v) is 2.58. The molecule has 3 fully saturated rings. The second-order valence-electron chi connectivity index (χ2n) is 6.33. The van der Waals surface area contributed by atoms with Crippen molar-refractivity contribution in [2.24, 2.45) is 0 Å². The molecular weight excluding hydrogens is 491 g/mol. The third-order valence-corrected chi connectivity index (χ3v) is 4.05. The zero-order chi connectivity index (χ0) is 17.0. The molecule has 0 aromatic carbocycles. The fraction of sp³-hybridized carbons (Fsp3) is 0.800. The van der Waals surface area contributed by atoms with Gasteiger partial charge in [0, 0.05) is 0 Å². The SMILES string of the molecule is C1=CC[N-]C=C1.C1CC[N-]CC1.C1CC[N-]CC1.C1CC[N-]CC1.[Pt+4]. The van der Waals surface area contributed by atoms with Crippen LogP contribution in [0.1, 0.15) is 57.8 Å². The summed E-state index contributed by atoms with van der Waals surface area (Å²) in [6.07, 6.45) is 20.0. The van der Waals surface area contributed by atoms with Gasteiger partial charge in [-0.05, 0) is 0 Å². The average Bonchev–Trinajstić information content (AvgIpc) is 2.75. The minimum absolute atomic E-state index is 0. The third-order valence-electron chi connectivity index (χ3n) is 4.05. The summed E-state index contributed by atoms with van der Waals surface area (Å²) in [6, 6.07) is 0. The van der Waals surface area contributed by atoms with Crippen molar-refractivity contribution in [2.75, 3.05) is 45.8 Å². The summed E-state index contributed by atoms with van der Waals surface area (Å²) in [6.45, 7) is 7.61. The molecule has 0 unspecified atom stereocenters. The Balaban J connectivity index is 0.000000303. The van der Waals surface area contributed by atoms with E-state index in [-0.39, 0.29) is 21.1 Å². The molecule has 25 heavy (non-hydrogen) atoms. The molecular formula is C20H36N4Pt. The van der Waals surface area contributed by atoms with Gasteiger partial charge in [-0.3, -0.25) is 0 Å². The van der Waals surface area contributed by atoms with Crippen LogP contribution in [0.3, 0.4) is 0 Å². The van der Waals surface area contributed by atoms with Gasteiger partial charge >= 0.3 is 21.1 Å². The summed E-state index contributed by atoms with van der Waals surface area (Å²) < 4.78 is 0. The van der Waals surface area contributed by atoms with Crippen LogP contribution in [0.5, 0.6) is 0 Å². The Morgan fingerprint density at radius 2 is 0.880 bits per heavy atom. The maximum Gasteiger partial charge on any atom is 4.00 e. The fourth-order valence-electron chi connectivity index (χ4n) is 2.58. The molecule has 3 saturated heterocycles. The first-order chi connectivity index (χ1) is 12.0. The topological polar surface area (TPSA) is 56.4 Å². The molecule has 0 bridgehead atoms. The van der Waals surface area contributed by atoms with Crippen LogP contribution in [-0.2, 0) is 21.1 Å². The van der Waals surface area contributed by atoms with Crippen LogP contribution >= 0.6 is 0 Å². The summed E-state index contributed by atoms with van der Waals surface area (Å²) in [7, 11) is 0. The maximum absolute atomic E-state index is 4.18. The second-order valence-corrected chi connectivity index (χ2v) is 6.33. The zero-order valence-electron chi connectivity index (χ0n) is 15.7. The average molecular weight is 528 g/mol. The Morgan fingerprint density at radius 3 is 0.960 bits per heavy atom. The summed E-state index contributed by atoms with van der Waals surface area (Å²) in [4.78, 5) is 0. The Hall–Kier alpha value is -0.152. The Morgan fingerprint density at radius 1 is 0.480 bits per heavy atom. The van der Waals surface area contributed by atoms with Gasteiger partial charge in [-0.15, -0.1) is 51.9 Å². The van der Waals surface area contributed by atoms with Crippen molar-refractivity contribution >= 4 is 0 Å². The Bertz CT molecular complexity index is 221. The van der Waals surface area contributed by atoms with E-state index in [1.807, 2.05) is 18.2 Å². The summed E-state index contributed by atoms with van der Waals surface area (Å²) in [5.74, 6) is 0. The summed E-state index contributed by atoms with van der Waals surface area (Å²) >= 11 is 0. The van der Waals surface area contributed by atoms with E-state index in [1.54, 1.807) is 6.20 Å². The van der Waals surface area contributed by atoms with Crippen LogP contribution in [0, 0.1) is 0 Å². The van der Waals surface area contributed by atoms with Crippen LogP contribution in [0.4, 0.5) is 0 Å². The molecule has 4 rings (SSSR count). The standard InChI is InChI=1S/3C5H10N.C5H6N.Pt/c4*1-2-4-6-5-3-1;/h3*1-5H2;1-4H,5H2;/q4*-1;+4. The molecule has 4 aliphatic rings. The quantitative estimate of drug-likeness (QED) is 0.367. The summed E-state index contributed by atoms with van der Waals surface area (Å²) in [5, 5.41) is 16.4. The van der Waals surface area contributed by atoms with Gasteiger partial charge in [0.2, 0.25) is 0 Å². The first-order valence-corrected chi connectivity index (χ1v) is 9.88. The molecule has 0 radical (unpaired) electrons.